The molecule has 2 heterocycles. The first kappa shape index (κ1) is 19.6. The maximum absolute atomic E-state index is 13.1. The molecule has 0 bridgehead atoms. The monoisotopic (exact) mass is 395 g/mol. The van der Waals surface area contributed by atoms with Gasteiger partial charge >= 0.3 is 0 Å². The first-order chi connectivity index (χ1) is 12.7. The van der Waals surface area contributed by atoms with Crippen molar-refractivity contribution < 1.29 is 22.7 Å². The number of carbonyl (C=O) groups is 2. The second-order valence-corrected chi connectivity index (χ2v) is 9.39. The number of para-hydroxylation sites is 2. The number of anilines is 1. The van der Waals surface area contributed by atoms with Crippen molar-refractivity contribution in [2.75, 3.05) is 44.2 Å². The van der Waals surface area contributed by atoms with Crippen LogP contribution in [0.3, 0.4) is 0 Å². The lowest BCUT2D eigenvalue weighted by molar-refractivity contribution is -0.153. The minimum atomic E-state index is -3.12. The van der Waals surface area contributed by atoms with Crippen molar-refractivity contribution in [3.05, 3.63) is 24.3 Å². The molecule has 9 heteroatoms. The Morgan fingerprint density at radius 2 is 1.96 bits per heavy atom. The molecular weight excluding hydrogens is 370 g/mol. The molecule has 3 rings (SSSR count). The second kappa shape index (κ2) is 7.47. The van der Waals surface area contributed by atoms with Crippen molar-refractivity contribution in [2.45, 2.75) is 18.9 Å². The van der Waals surface area contributed by atoms with Gasteiger partial charge < -0.3 is 9.64 Å². The highest BCUT2D eigenvalue weighted by atomic mass is 32.2. The Balaban J connectivity index is 1.80. The van der Waals surface area contributed by atoms with E-state index in [1.54, 1.807) is 36.1 Å². The molecule has 0 spiro atoms. The van der Waals surface area contributed by atoms with Gasteiger partial charge in [0.25, 0.3) is 0 Å². The van der Waals surface area contributed by atoms with E-state index in [2.05, 4.69) is 0 Å². The predicted molar refractivity (Wildman–Crippen MR) is 101 cm³/mol. The molecule has 148 valence electrons. The minimum Gasteiger partial charge on any atom is -0.495 e. The molecule has 0 unspecified atom stereocenters. The summed E-state index contributed by atoms with van der Waals surface area (Å²) in [5.41, 5.74) is 0.639. The summed E-state index contributed by atoms with van der Waals surface area (Å²) in [4.78, 5) is 27.3. The number of rotatable bonds is 5. The Morgan fingerprint density at radius 1 is 1.26 bits per heavy atom. The van der Waals surface area contributed by atoms with Gasteiger partial charge in [0.15, 0.2) is 9.84 Å². The zero-order chi connectivity index (χ0) is 19.8. The van der Waals surface area contributed by atoms with E-state index in [1.807, 2.05) is 12.1 Å². The molecule has 1 aromatic carbocycles. The number of hydrogen-bond donors (Lipinski definition) is 0. The number of amides is 2. The first-order valence-electron chi connectivity index (χ1n) is 8.87. The van der Waals surface area contributed by atoms with Crippen molar-refractivity contribution in [1.82, 2.24) is 10.0 Å². The molecule has 2 aliphatic heterocycles. The van der Waals surface area contributed by atoms with E-state index >= 15 is 0 Å². The number of nitrogens with zero attached hydrogens (tertiary/aromatic N) is 3. The Bertz CT molecular complexity index is 839. The van der Waals surface area contributed by atoms with Gasteiger partial charge in [-0.3, -0.25) is 14.6 Å². The van der Waals surface area contributed by atoms with Gasteiger partial charge in [0.2, 0.25) is 11.8 Å². The lowest BCUT2D eigenvalue weighted by Gasteiger charge is -2.35. The minimum absolute atomic E-state index is 0.0339. The molecule has 1 aromatic rings. The van der Waals surface area contributed by atoms with Gasteiger partial charge in [-0.2, -0.15) is 0 Å². The van der Waals surface area contributed by atoms with Gasteiger partial charge in [-0.25, -0.2) is 13.4 Å². The molecule has 2 aliphatic rings. The van der Waals surface area contributed by atoms with Crippen LogP contribution in [0.4, 0.5) is 5.69 Å². The highest BCUT2D eigenvalue weighted by molar-refractivity contribution is 7.91. The highest BCUT2D eigenvalue weighted by Gasteiger charge is 2.43. The van der Waals surface area contributed by atoms with E-state index in [0.717, 1.165) is 0 Å². The summed E-state index contributed by atoms with van der Waals surface area (Å²) in [5, 5.41) is 3.14. The first-order valence-corrected chi connectivity index (χ1v) is 10.7. The fourth-order valence-electron chi connectivity index (χ4n) is 3.82. The summed E-state index contributed by atoms with van der Waals surface area (Å²) < 4.78 is 29.0. The van der Waals surface area contributed by atoms with Crippen LogP contribution in [-0.4, -0.2) is 75.5 Å². The summed E-state index contributed by atoms with van der Waals surface area (Å²) in [5.74, 6) is -0.248. The van der Waals surface area contributed by atoms with Crippen molar-refractivity contribution in [1.29, 1.82) is 0 Å². The zero-order valence-corrected chi connectivity index (χ0v) is 16.6. The third kappa shape index (κ3) is 3.93. The molecule has 8 nitrogen and oxygen atoms in total. The average molecular weight is 395 g/mol. The van der Waals surface area contributed by atoms with Crippen LogP contribution in [0.25, 0.3) is 0 Å². The number of carbonyl (C=O) groups excluding carboxylic acids is 2. The van der Waals surface area contributed by atoms with Gasteiger partial charge in [-0.05, 0) is 18.6 Å². The fraction of sp³-hybridized carbons (Fsp3) is 0.556. The lowest BCUT2D eigenvalue weighted by atomic mass is 10.1. The SMILES string of the molecule is COc1ccccc1N1C[C@H](C(=O)N([C@H]2CCS(=O)(=O)C2)N(C)C)CC1=O. The van der Waals surface area contributed by atoms with Gasteiger partial charge in [0.1, 0.15) is 5.75 Å². The summed E-state index contributed by atoms with van der Waals surface area (Å²) >= 11 is 0. The van der Waals surface area contributed by atoms with E-state index in [4.69, 9.17) is 4.74 Å². The molecule has 27 heavy (non-hydrogen) atoms. The summed E-state index contributed by atoms with van der Waals surface area (Å²) in [7, 11) is 1.86. The van der Waals surface area contributed by atoms with Crippen LogP contribution in [-0.2, 0) is 19.4 Å². The smallest absolute Gasteiger partial charge is 0.242 e. The highest BCUT2D eigenvalue weighted by Crippen LogP contribution is 2.34. The van der Waals surface area contributed by atoms with E-state index in [1.165, 1.54) is 12.1 Å². The van der Waals surface area contributed by atoms with Crippen LogP contribution in [0.15, 0.2) is 24.3 Å². The fourth-order valence-corrected chi connectivity index (χ4v) is 5.51. The molecule has 2 fully saturated rings. The van der Waals surface area contributed by atoms with E-state index < -0.39 is 15.8 Å². The number of hydrazine groups is 1. The lowest BCUT2D eigenvalue weighted by Crippen LogP contribution is -2.52. The van der Waals surface area contributed by atoms with Crippen molar-refractivity contribution in [2.24, 2.45) is 5.92 Å². The molecular formula is C18H25N3O5S. The molecule has 0 N–H and O–H groups in total. The maximum atomic E-state index is 13.1. The van der Waals surface area contributed by atoms with Crippen LogP contribution in [0.5, 0.6) is 5.75 Å². The molecule has 0 aliphatic carbocycles. The average Bonchev–Trinajstić information content (AvgIpc) is 3.17. The number of hydrogen-bond acceptors (Lipinski definition) is 6. The van der Waals surface area contributed by atoms with Crippen molar-refractivity contribution in [3.8, 4) is 5.75 Å². The number of methoxy groups -OCH3 is 1. The van der Waals surface area contributed by atoms with E-state index in [0.29, 0.717) is 17.9 Å². The Kier molecular flexibility index (Phi) is 5.43. The summed E-state index contributed by atoms with van der Waals surface area (Å²) in [6, 6.07) is 6.81. The van der Waals surface area contributed by atoms with Gasteiger partial charge in [-0.15, -0.1) is 0 Å². The Morgan fingerprint density at radius 3 is 2.56 bits per heavy atom. The molecule has 0 aromatic heterocycles. The van der Waals surface area contributed by atoms with Crippen molar-refractivity contribution in [3.63, 3.8) is 0 Å². The maximum Gasteiger partial charge on any atom is 0.242 e. The van der Waals surface area contributed by atoms with Gasteiger partial charge in [0, 0.05) is 27.1 Å². The second-order valence-electron chi connectivity index (χ2n) is 7.16. The summed E-state index contributed by atoms with van der Waals surface area (Å²) in [6.45, 7) is 0.252. The Labute approximate surface area is 159 Å². The molecule has 2 atom stereocenters. The van der Waals surface area contributed by atoms with Crippen LogP contribution in [0.1, 0.15) is 12.8 Å². The molecule has 0 saturated carbocycles. The topological polar surface area (TPSA) is 87.2 Å². The number of sulfone groups is 1. The third-order valence-electron chi connectivity index (χ3n) is 5.06. The van der Waals surface area contributed by atoms with Crippen molar-refractivity contribution >= 4 is 27.3 Å². The van der Waals surface area contributed by atoms with Crippen LogP contribution < -0.4 is 9.64 Å². The predicted octanol–water partition coefficient (Wildman–Crippen LogP) is 0.540. The van der Waals surface area contributed by atoms with Crippen LogP contribution in [0.2, 0.25) is 0 Å². The molecule has 2 saturated heterocycles. The standard InChI is InChI=1S/C18H25N3O5S/c1-19(2)21(14-8-9-27(24,25)12-14)18(23)13-10-17(22)20(11-13)15-6-4-5-7-16(15)26-3/h4-7,13-14H,8-12H2,1-3H3/t13-,14+/m1/s1. The quantitative estimate of drug-likeness (QED) is 0.677. The third-order valence-corrected chi connectivity index (χ3v) is 6.81. The zero-order valence-electron chi connectivity index (χ0n) is 15.8. The van der Waals surface area contributed by atoms with Crippen LogP contribution >= 0.6 is 0 Å². The van der Waals surface area contributed by atoms with Gasteiger partial charge in [-0.1, -0.05) is 12.1 Å². The largest absolute Gasteiger partial charge is 0.495 e. The number of ether oxygens (including phenoxy) is 1. The van der Waals surface area contributed by atoms with Gasteiger partial charge in [0.05, 0.1) is 36.3 Å². The van der Waals surface area contributed by atoms with Crippen LogP contribution in [0, 0.1) is 5.92 Å². The molecule has 2 amide bonds. The van der Waals surface area contributed by atoms with E-state index in [9.17, 15) is 18.0 Å². The number of benzene rings is 1. The van der Waals surface area contributed by atoms with E-state index in [-0.39, 0.29) is 42.3 Å². The normalized spacial score (nSPS) is 24.4. The molecule has 0 radical (unpaired) electrons. The summed E-state index contributed by atoms with van der Waals surface area (Å²) in [6.07, 6.45) is 0.518. The Hall–Kier alpha value is -2.13.